The van der Waals surface area contributed by atoms with Gasteiger partial charge >= 0.3 is 0 Å². The monoisotopic (exact) mass is 303 g/mol. The summed E-state index contributed by atoms with van der Waals surface area (Å²) in [5, 5.41) is 0. The third-order valence-corrected chi connectivity index (χ3v) is 4.28. The van der Waals surface area contributed by atoms with E-state index < -0.39 is 10.0 Å². The summed E-state index contributed by atoms with van der Waals surface area (Å²) in [6, 6.07) is 16.6. The zero-order chi connectivity index (χ0) is 15.5. The van der Waals surface area contributed by atoms with Gasteiger partial charge < -0.3 is 0 Å². The Morgan fingerprint density at radius 1 is 1.05 bits per heavy atom. The standard InChI is InChI=1S/C17H21NO2S/c1-13-6-4-5-7-17(13)16-10-8-15(9-11-16)14(2)12-18-21(3,19)20/h4-11,14,18H,12H2,1-3H3. The van der Waals surface area contributed by atoms with Crippen LogP contribution in [0.5, 0.6) is 0 Å². The molecule has 0 saturated carbocycles. The van der Waals surface area contributed by atoms with Crippen molar-refractivity contribution in [3.8, 4) is 11.1 Å². The first-order valence-corrected chi connectivity index (χ1v) is 8.86. The molecule has 0 bridgehead atoms. The Hall–Kier alpha value is -1.65. The fraction of sp³-hybridized carbons (Fsp3) is 0.294. The van der Waals surface area contributed by atoms with Gasteiger partial charge in [0.1, 0.15) is 0 Å². The molecule has 0 heterocycles. The van der Waals surface area contributed by atoms with E-state index in [4.69, 9.17) is 0 Å². The average molecular weight is 303 g/mol. The highest BCUT2D eigenvalue weighted by atomic mass is 32.2. The minimum absolute atomic E-state index is 0.144. The maximum Gasteiger partial charge on any atom is 0.208 e. The Bertz CT molecular complexity index is 706. The first-order chi connectivity index (χ1) is 9.87. The molecule has 3 nitrogen and oxygen atoms in total. The van der Waals surface area contributed by atoms with Crippen LogP contribution in [0.2, 0.25) is 0 Å². The molecule has 0 aliphatic rings. The molecule has 0 aliphatic heterocycles. The maximum atomic E-state index is 11.1. The third kappa shape index (κ3) is 4.41. The Morgan fingerprint density at radius 3 is 2.24 bits per heavy atom. The van der Waals surface area contributed by atoms with Crippen LogP contribution < -0.4 is 4.72 Å². The predicted octanol–water partition coefficient (Wildman–Crippen LogP) is 3.31. The molecular formula is C17H21NO2S. The maximum absolute atomic E-state index is 11.1. The smallest absolute Gasteiger partial charge is 0.208 e. The normalized spacial score (nSPS) is 13.1. The van der Waals surface area contributed by atoms with Gasteiger partial charge in [0.05, 0.1) is 6.26 Å². The Kier molecular flexibility index (Phi) is 4.80. The highest BCUT2D eigenvalue weighted by molar-refractivity contribution is 7.88. The molecule has 112 valence electrons. The van der Waals surface area contributed by atoms with Crippen LogP contribution in [-0.4, -0.2) is 21.2 Å². The number of hydrogen-bond donors (Lipinski definition) is 1. The van der Waals surface area contributed by atoms with Gasteiger partial charge in [-0.1, -0.05) is 55.5 Å². The molecule has 0 aliphatic carbocycles. The van der Waals surface area contributed by atoms with Crippen molar-refractivity contribution in [1.29, 1.82) is 0 Å². The highest BCUT2D eigenvalue weighted by Crippen LogP contribution is 2.25. The Labute approximate surface area is 127 Å². The van der Waals surface area contributed by atoms with Crippen molar-refractivity contribution in [3.63, 3.8) is 0 Å². The first kappa shape index (κ1) is 15.7. The van der Waals surface area contributed by atoms with Crippen LogP contribution in [0.1, 0.15) is 24.0 Å². The molecule has 2 rings (SSSR count). The summed E-state index contributed by atoms with van der Waals surface area (Å²) in [6.07, 6.45) is 1.18. The number of sulfonamides is 1. The number of benzene rings is 2. The van der Waals surface area contributed by atoms with Crippen LogP contribution in [-0.2, 0) is 10.0 Å². The highest BCUT2D eigenvalue weighted by Gasteiger charge is 2.09. The summed E-state index contributed by atoms with van der Waals surface area (Å²) in [7, 11) is -3.13. The lowest BCUT2D eigenvalue weighted by Gasteiger charge is -2.13. The van der Waals surface area contributed by atoms with Gasteiger partial charge in [0.15, 0.2) is 0 Å². The predicted molar refractivity (Wildman–Crippen MR) is 87.9 cm³/mol. The van der Waals surface area contributed by atoms with E-state index in [-0.39, 0.29) is 5.92 Å². The van der Waals surface area contributed by atoms with E-state index >= 15 is 0 Å². The van der Waals surface area contributed by atoms with Gasteiger partial charge in [0, 0.05) is 6.54 Å². The van der Waals surface area contributed by atoms with E-state index in [2.05, 4.69) is 48.0 Å². The molecule has 4 heteroatoms. The second-order valence-electron chi connectivity index (χ2n) is 5.46. The van der Waals surface area contributed by atoms with Crippen molar-refractivity contribution >= 4 is 10.0 Å². The van der Waals surface area contributed by atoms with Crippen LogP contribution >= 0.6 is 0 Å². The van der Waals surface area contributed by atoms with Gasteiger partial charge in [0.2, 0.25) is 10.0 Å². The molecule has 1 N–H and O–H groups in total. The second-order valence-corrected chi connectivity index (χ2v) is 7.29. The van der Waals surface area contributed by atoms with Crippen LogP contribution in [0.15, 0.2) is 48.5 Å². The van der Waals surface area contributed by atoms with Crippen LogP contribution in [0.4, 0.5) is 0 Å². The lowest BCUT2D eigenvalue weighted by atomic mass is 9.96. The van der Waals surface area contributed by atoms with Crippen molar-refractivity contribution in [3.05, 3.63) is 59.7 Å². The summed E-state index contributed by atoms with van der Waals surface area (Å²) < 4.78 is 24.8. The van der Waals surface area contributed by atoms with E-state index in [1.165, 1.54) is 22.9 Å². The molecule has 0 radical (unpaired) electrons. The second kappa shape index (κ2) is 6.41. The van der Waals surface area contributed by atoms with Crippen molar-refractivity contribution in [2.75, 3.05) is 12.8 Å². The minimum atomic E-state index is -3.13. The number of nitrogens with one attached hydrogen (secondary N) is 1. The summed E-state index contributed by atoms with van der Waals surface area (Å²) in [5.41, 5.74) is 4.78. The average Bonchev–Trinajstić information content (AvgIpc) is 2.45. The summed E-state index contributed by atoms with van der Waals surface area (Å²) in [5.74, 6) is 0.144. The van der Waals surface area contributed by atoms with Crippen LogP contribution in [0, 0.1) is 6.92 Å². The molecule has 2 aromatic carbocycles. The molecule has 0 spiro atoms. The molecule has 0 aromatic heterocycles. The van der Waals surface area contributed by atoms with Gasteiger partial charge in [0.25, 0.3) is 0 Å². The molecule has 0 fully saturated rings. The molecule has 0 saturated heterocycles. The van der Waals surface area contributed by atoms with Gasteiger partial charge in [-0.05, 0) is 35.1 Å². The summed E-state index contributed by atoms with van der Waals surface area (Å²) >= 11 is 0. The van der Waals surface area contributed by atoms with E-state index in [0.29, 0.717) is 6.54 Å². The van der Waals surface area contributed by atoms with Crippen molar-refractivity contribution in [2.24, 2.45) is 0 Å². The third-order valence-electron chi connectivity index (χ3n) is 3.59. The summed E-state index contributed by atoms with van der Waals surface area (Å²) in [4.78, 5) is 0. The van der Waals surface area contributed by atoms with E-state index in [0.717, 1.165) is 5.56 Å². The fourth-order valence-corrected chi connectivity index (χ4v) is 2.83. The van der Waals surface area contributed by atoms with E-state index in [1.807, 2.05) is 19.1 Å². The van der Waals surface area contributed by atoms with Crippen molar-refractivity contribution in [2.45, 2.75) is 19.8 Å². The largest absolute Gasteiger partial charge is 0.215 e. The molecule has 1 atom stereocenters. The Balaban J connectivity index is 2.14. The zero-order valence-electron chi connectivity index (χ0n) is 12.6. The number of hydrogen-bond acceptors (Lipinski definition) is 2. The van der Waals surface area contributed by atoms with Gasteiger partial charge in [-0.3, -0.25) is 0 Å². The van der Waals surface area contributed by atoms with E-state index in [9.17, 15) is 8.42 Å². The molecule has 2 aromatic rings. The zero-order valence-corrected chi connectivity index (χ0v) is 13.4. The topological polar surface area (TPSA) is 46.2 Å². The van der Waals surface area contributed by atoms with Crippen molar-refractivity contribution in [1.82, 2.24) is 4.72 Å². The lowest BCUT2D eigenvalue weighted by Crippen LogP contribution is -2.26. The molecule has 0 amide bonds. The summed E-state index contributed by atoms with van der Waals surface area (Å²) in [6.45, 7) is 4.53. The molecule has 1 unspecified atom stereocenters. The molecular weight excluding hydrogens is 282 g/mol. The Morgan fingerprint density at radius 2 is 1.67 bits per heavy atom. The van der Waals surface area contributed by atoms with Crippen LogP contribution in [0.3, 0.4) is 0 Å². The van der Waals surface area contributed by atoms with Crippen LogP contribution in [0.25, 0.3) is 11.1 Å². The quantitative estimate of drug-likeness (QED) is 0.921. The molecule has 21 heavy (non-hydrogen) atoms. The first-order valence-electron chi connectivity index (χ1n) is 6.97. The minimum Gasteiger partial charge on any atom is -0.215 e. The fourth-order valence-electron chi connectivity index (χ4n) is 2.28. The van der Waals surface area contributed by atoms with E-state index in [1.54, 1.807) is 0 Å². The van der Waals surface area contributed by atoms with Crippen molar-refractivity contribution < 1.29 is 8.42 Å². The number of rotatable bonds is 5. The SMILES string of the molecule is Cc1ccccc1-c1ccc(C(C)CNS(C)(=O)=O)cc1. The van der Waals surface area contributed by atoms with Gasteiger partial charge in [-0.2, -0.15) is 0 Å². The number of aryl methyl sites for hydroxylation is 1. The lowest BCUT2D eigenvalue weighted by molar-refractivity contribution is 0.581. The van der Waals surface area contributed by atoms with Gasteiger partial charge in [-0.15, -0.1) is 0 Å². The van der Waals surface area contributed by atoms with Gasteiger partial charge in [-0.25, -0.2) is 13.1 Å².